The molecule has 1 nitrogen and oxygen atoms in total. The lowest BCUT2D eigenvalue weighted by Gasteiger charge is -2.04. The maximum atomic E-state index is 6.04. The average molecular weight is 264 g/mol. The zero-order valence-electron chi connectivity index (χ0n) is 8.72. The van der Waals surface area contributed by atoms with Gasteiger partial charge in [-0.1, -0.05) is 23.2 Å². The van der Waals surface area contributed by atoms with E-state index in [4.69, 9.17) is 23.2 Å². The van der Waals surface area contributed by atoms with Crippen molar-refractivity contribution in [3.63, 3.8) is 0 Å². The number of unbranched alkanes of at least 4 members (excludes halogenated alkanes) is 1. The molecule has 0 aliphatic rings. The summed E-state index contributed by atoms with van der Waals surface area (Å²) < 4.78 is 0. The summed E-state index contributed by atoms with van der Waals surface area (Å²) in [6, 6.07) is 5.58. The summed E-state index contributed by atoms with van der Waals surface area (Å²) in [4.78, 5) is 1.08. The average Bonchev–Trinajstić information content (AvgIpc) is 2.23. The van der Waals surface area contributed by atoms with Gasteiger partial charge >= 0.3 is 0 Å². The van der Waals surface area contributed by atoms with Crippen LogP contribution in [0.3, 0.4) is 0 Å². The van der Waals surface area contributed by atoms with Gasteiger partial charge in [-0.05, 0) is 50.4 Å². The Labute approximate surface area is 106 Å². The quantitative estimate of drug-likeness (QED) is 0.613. The van der Waals surface area contributed by atoms with Crippen LogP contribution in [0.4, 0.5) is 0 Å². The highest BCUT2D eigenvalue weighted by atomic mass is 35.5. The van der Waals surface area contributed by atoms with E-state index < -0.39 is 0 Å². The molecule has 0 atom stereocenters. The molecule has 4 heteroatoms. The summed E-state index contributed by atoms with van der Waals surface area (Å²) in [5.74, 6) is 1.09. The molecule has 84 valence electrons. The number of hydrogen-bond donors (Lipinski definition) is 1. The van der Waals surface area contributed by atoms with Crippen LogP contribution in [0.5, 0.6) is 0 Å². The van der Waals surface area contributed by atoms with Crippen LogP contribution in [0.2, 0.25) is 10.0 Å². The number of nitrogens with one attached hydrogen (secondary N) is 1. The largest absolute Gasteiger partial charge is 0.320 e. The first-order valence-corrected chi connectivity index (χ1v) is 6.70. The summed E-state index contributed by atoms with van der Waals surface area (Å²) in [5, 5.41) is 4.67. The van der Waals surface area contributed by atoms with Crippen molar-refractivity contribution in [2.75, 3.05) is 19.3 Å². The van der Waals surface area contributed by atoms with Gasteiger partial charge in [0.2, 0.25) is 0 Å². The van der Waals surface area contributed by atoms with Crippen LogP contribution in [0, 0.1) is 0 Å². The van der Waals surface area contributed by atoms with Crippen molar-refractivity contribution in [3.05, 3.63) is 28.2 Å². The molecule has 0 radical (unpaired) electrons. The van der Waals surface area contributed by atoms with Gasteiger partial charge in [0, 0.05) is 9.92 Å². The Bertz CT molecular complexity index is 305. The van der Waals surface area contributed by atoms with Gasteiger partial charge in [-0.2, -0.15) is 0 Å². The van der Waals surface area contributed by atoms with Gasteiger partial charge in [-0.3, -0.25) is 0 Å². The van der Waals surface area contributed by atoms with Crippen molar-refractivity contribution in [1.29, 1.82) is 0 Å². The third-order valence-electron chi connectivity index (χ3n) is 1.97. The highest BCUT2D eigenvalue weighted by Gasteiger charge is 2.01. The molecular formula is C11H15Cl2NS. The molecule has 0 heterocycles. The maximum Gasteiger partial charge on any atom is 0.0542 e. The zero-order chi connectivity index (χ0) is 11.1. The molecule has 1 N–H and O–H groups in total. The van der Waals surface area contributed by atoms with Gasteiger partial charge in [0.1, 0.15) is 0 Å². The molecule has 15 heavy (non-hydrogen) atoms. The summed E-state index contributed by atoms with van der Waals surface area (Å²) >= 11 is 13.7. The van der Waals surface area contributed by atoms with E-state index in [0.717, 1.165) is 27.2 Å². The lowest BCUT2D eigenvalue weighted by Crippen LogP contribution is -2.07. The molecule has 1 rings (SSSR count). The zero-order valence-corrected chi connectivity index (χ0v) is 11.1. The van der Waals surface area contributed by atoms with E-state index in [-0.39, 0.29) is 0 Å². The van der Waals surface area contributed by atoms with Crippen molar-refractivity contribution in [2.45, 2.75) is 17.7 Å². The number of halogens is 2. The Hall–Kier alpha value is 0.110. The van der Waals surface area contributed by atoms with Crippen LogP contribution < -0.4 is 5.32 Å². The van der Waals surface area contributed by atoms with E-state index in [2.05, 4.69) is 5.32 Å². The van der Waals surface area contributed by atoms with Crippen LogP contribution >= 0.6 is 35.0 Å². The molecule has 0 spiro atoms. The standard InChI is InChI=1S/C11H15Cl2NS/c1-14-6-2-3-7-15-11-8-9(12)4-5-10(11)13/h4-5,8,14H,2-3,6-7H2,1H3. The Morgan fingerprint density at radius 3 is 2.80 bits per heavy atom. The summed E-state index contributed by atoms with van der Waals surface area (Å²) in [7, 11) is 1.97. The fourth-order valence-electron chi connectivity index (χ4n) is 1.17. The number of hydrogen-bond acceptors (Lipinski definition) is 2. The van der Waals surface area contributed by atoms with Crippen molar-refractivity contribution in [2.24, 2.45) is 0 Å². The van der Waals surface area contributed by atoms with Crippen LogP contribution in [-0.2, 0) is 0 Å². The van der Waals surface area contributed by atoms with E-state index in [1.54, 1.807) is 11.8 Å². The minimum atomic E-state index is 0.747. The lowest BCUT2D eigenvalue weighted by molar-refractivity contribution is 0.715. The predicted molar refractivity (Wildman–Crippen MR) is 70.3 cm³/mol. The van der Waals surface area contributed by atoms with Gasteiger partial charge in [-0.25, -0.2) is 0 Å². The van der Waals surface area contributed by atoms with Gasteiger partial charge < -0.3 is 5.32 Å². The molecule has 0 fully saturated rings. The molecule has 1 aromatic carbocycles. The van der Waals surface area contributed by atoms with E-state index in [1.807, 2.05) is 25.2 Å². The fraction of sp³-hybridized carbons (Fsp3) is 0.455. The molecule has 0 saturated heterocycles. The van der Waals surface area contributed by atoms with Crippen LogP contribution in [0.15, 0.2) is 23.1 Å². The highest BCUT2D eigenvalue weighted by molar-refractivity contribution is 7.99. The second-order valence-electron chi connectivity index (χ2n) is 3.23. The van der Waals surface area contributed by atoms with E-state index in [1.165, 1.54) is 12.8 Å². The first-order valence-electron chi connectivity index (χ1n) is 4.96. The topological polar surface area (TPSA) is 12.0 Å². The smallest absolute Gasteiger partial charge is 0.0542 e. The summed E-state index contributed by atoms with van der Waals surface area (Å²) in [6.07, 6.45) is 2.38. The minimum absolute atomic E-state index is 0.747. The van der Waals surface area contributed by atoms with Gasteiger partial charge in [0.25, 0.3) is 0 Å². The Morgan fingerprint density at radius 1 is 1.27 bits per heavy atom. The van der Waals surface area contributed by atoms with Gasteiger partial charge in [0.05, 0.1) is 5.02 Å². The molecule has 0 aliphatic carbocycles. The van der Waals surface area contributed by atoms with E-state index in [9.17, 15) is 0 Å². The van der Waals surface area contributed by atoms with Gasteiger partial charge in [-0.15, -0.1) is 11.8 Å². The molecule has 0 saturated carbocycles. The predicted octanol–water partition coefficient (Wildman–Crippen LogP) is 4.09. The minimum Gasteiger partial charge on any atom is -0.320 e. The molecular weight excluding hydrogens is 249 g/mol. The first kappa shape index (κ1) is 13.2. The van der Waals surface area contributed by atoms with E-state index in [0.29, 0.717) is 0 Å². The molecule has 0 aromatic heterocycles. The SMILES string of the molecule is CNCCCCSc1cc(Cl)ccc1Cl. The van der Waals surface area contributed by atoms with Crippen molar-refractivity contribution in [3.8, 4) is 0 Å². The second kappa shape index (κ2) is 7.39. The van der Waals surface area contributed by atoms with Crippen molar-refractivity contribution in [1.82, 2.24) is 5.32 Å². The number of thioether (sulfide) groups is 1. The van der Waals surface area contributed by atoms with Gasteiger partial charge in [0.15, 0.2) is 0 Å². The van der Waals surface area contributed by atoms with Crippen LogP contribution in [0.1, 0.15) is 12.8 Å². The molecule has 0 amide bonds. The highest BCUT2D eigenvalue weighted by Crippen LogP contribution is 2.30. The number of benzene rings is 1. The Balaban J connectivity index is 2.33. The number of rotatable bonds is 6. The molecule has 0 bridgehead atoms. The molecule has 0 unspecified atom stereocenters. The summed E-state index contributed by atoms with van der Waals surface area (Å²) in [5.41, 5.74) is 0. The van der Waals surface area contributed by atoms with Crippen molar-refractivity contribution >= 4 is 35.0 Å². The molecule has 0 aliphatic heterocycles. The monoisotopic (exact) mass is 263 g/mol. The third-order valence-corrected chi connectivity index (χ3v) is 3.79. The Kier molecular flexibility index (Phi) is 6.50. The second-order valence-corrected chi connectivity index (χ2v) is 5.21. The fourth-order valence-corrected chi connectivity index (χ4v) is 2.68. The van der Waals surface area contributed by atoms with Crippen LogP contribution in [-0.4, -0.2) is 19.3 Å². The van der Waals surface area contributed by atoms with Crippen LogP contribution in [0.25, 0.3) is 0 Å². The van der Waals surface area contributed by atoms with E-state index >= 15 is 0 Å². The lowest BCUT2D eigenvalue weighted by atomic mass is 10.3. The van der Waals surface area contributed by atoms with Crippen molar-refractivity contribution < 1.29 is 0 Å². The summed E-state index contributed by atoms with van der Waals surface area (Å²) in [6.45, 7) is 1.07. The molecule has 1 aromatic rings. The first-order chi connectivity index (χ1) is 7.24. The third kappa shape index (κ3) is 5.12. The normalized spacial score (nSPS) is 10.6. The Morgan fingerprint density at radius 2 is 2.07 bits per heavy atom. The maximum absolute atomic E-state index is 6.04.